The van der Waals surface area contributed by atoms with Crippen LogP contribution in [0.5, 0.6) is 0 Å². The van der Waals surface area contributed by atoms with Crippen molar-refractivity contribution in [1.29, 1.82) is 0 Å². The molecule has 477 valence electrons. The van der Waals surface area contributed by atoms with Crippen LogP contribution in [0.25, 0.3) is 0 Å². The lowest BCUT2D eigenvalue weighted by Crippen LogP contribution is -2.31. The molecule has 0 unspecified atom stereocenters. The van der Waals surface area contributed by atoms with Crippen LogP contribution in [0.3, 0.4) is 0 Å². The van der Waals surface area contributed by atoms with Gasteiger partial charge in [-0.25, -0.2) is 0 Å². The normalized spacial score (nSPS) is 23.7. The van der Waals surface area contributed by atoms with Crippen molar-refractivity contribution >= 4 is 346 Å². The number of carbonyl (C=O) groups is 3. The molecule has 0 spiro atoms. The summed E-state index contributed by atoms with van der Waals surface area (Å²) in [7, 11) is -18.3. The average molecular weight is 1830 g/mol. The first-order valence-corrected chi connectivity index (χ1v) is 52.5. The number of ether oxygens (including phenoxy) is 3. The van der Waals surface area contributed by atoms with Gasteiger partial charge in [0.15, 0.2) is 0 Å². The Bertz CT molecular complexity index is 1940. The summed E-state index contributed by atoms with van der Waals surface area (Å²) in [5.41, 5.74) is 1.63. The van der Waals surface area contributed by atoms with Crippen molar-refractivity contribution in [3.63, 3.8) is 0 Å². The van der Waals surface area contributed by atoms with Gasteiger partial charge in [0.1, 0.15) is 19.8 Å². The van der Waals surface area contributed by atoms with E-state index in [0.29, 0.717) is 54.1 Å². The van der Waals surface area contributed by atoms with Crippen LogP contribution in [0, 0.1) is 0 Å². The van der Waals surface area contributed by atoms with Gasteiger partial charge in [0, 0.05) is 19.3 Å². The number of esters is 3. The van der Waals surface area contributed by atoms with Crippen molar-refractivity contribution in [1.82, 2.24) is 0 Å². The van der Waals surface area contributed by atoms with Gasteiger partial charge < -0.3 is 150 Å². The van der Waals surface area contributed by atoms with Crippen LogP contribution >= 0.6 is 0 Å². The second-order valence-corrected chi connectivity index (χ2v) is 49.4. The van der Waals surface area contributed by atoms with E-state index in [1.165, 1.54) is 0 Å². The van der Waals surface area contributed by atoms with Crippen molar-refractivity contribution in [2.75, 3.05) is 0 Å². The van der Waals surface area contributed by atoms with Crippen molar-refractivity contribution < 1.29 is 164 Å². The van der Waals surface area contributed by atoms with Crippen LogP contribution in [0.1, 0.15) is 55.2 Å². The highest BCUT2D eigenvalue weighted by atomic mass is 28.5. The number of hydrogen-bond donors (Lipinski definition) is 0. The molecular formula is C21H27O39Si33. The minimum absolute atomic E-state index is 0.00171. The summed E-state index contributed by atoms with van der Waals surface area (Å²) >= 11 is 0. The molecule has 0 atom stereocenters. The summed E-state index contributed by atoms with van der Waals surface area (Å²) in [4.78, 5) is 39.6. The molecule has 0 saturated heterocycles. The van der Waals surface area contributed by atoms with E-state index in [2.05, 4.69) is 0 Å². The van der Waals surface area contributed by atoms with Crippen LogP contribution < -0.4 is 0 Å². The summed E-state index contributed by atoms with van der Waals surface area (Å²) < 4.78 is 197. The zero-order valence-corrected chi connectivity index (χ0v) is 78.6. The van der Waals surface area contributed by atoms with E-state index in [1.807, 2.05) is 0 Å². The molecule has 0 fully saturated rings. The first-order chi connectivity index (χ1) is 46.0. The molecule has 0 amide bonds. The topological polar surface area (TPSA) is 383 Å². The second kappa shape index (κ2) is 68.6. The highest BCUT2D eigenvalue weighted by Gasteiger charge is 2.24. The summed E-state index contributed by atoms with van der Waals surface area (Å²) in [5, 5.41) is 0. The zero-order valence-electron chi connectivity index (χ0n) is 45.6. The molecule has 93 heavy (non-hydrogen) atoms. The van der Waals surface area contributed by atoms with Gasteiger partial charge in [-0.05, 0) is 72.3 Å². The summed E-state index contributed by atoms with van der Waals surface area (Å²) in [6.07, 6.45) is 1.01. The Hall–Kier alpha value is 3.47. The molecule has 72 heteroatoms. The summed E-state index contributed by atoms with van der Waals surface area (Å²) in [5.74, 6) is -1.53. The van der Waals surface area contributed by atoms with Crippen LogP contribution in [-0.2, 0) is 184 Å². The Morgan fingerprint density at radius 2 is 0.355 bits per heavy atom. The summed E-state index contributed by atoms with van der Waals surface area (Å²) in [6, 6.07) is 6.18. The largest absolute Gasteiger partial charge is 0.461 e. The quantitative estimate of drug-likeness (QED) is 0.132. The van der Waals surface area contributed by atoms with Gasteiger partial charge in [0.25, 0.3) is 0 Å². The Balaban J connectivity index is 1.43. The molecule has 0 saturated carbocycles. The molecule has 3 aliphatic rings. The number of carbonyl (C=O) groups excluding carboxylic acids is 3. The first kappa shape index (κ1) is 88.9. The minimum Gasteiger partial charge on any atom is -0.461 e. The molecule has 1 aromatic carbocycles. The second-order valence-electron chi connectivity index (χ2n) is 13.7. The molecule has 3 aliphatic heterocycles. The van der Waals surface area contributed by atoms with Gasteiger partial charge >= 0.3 is 346 Å². The van der Waals surface area contributed by atoms with E-state index in [9.17, 15) is 14.4 Å². The highest BCUT2D eigenvalue weighted by molar-refractivity contribution is 6.61. The molecule has 6 bridgehead atoms. The van der Waals surface area contributed by atoms with Gasteiger partial charge in [-0.1, -0.05) is 0 Å². The van der Waals surface area contributed by atoms with Gasteiger partial charge in [-0.15, -0.1) is 0 Å². The molecule has 39 nitrogen and oxygen atoms in total. The van der Waals surface area contributed by atoms with Gasteiger partial charge in [0.2, 0.25) is 0 Å². The van der Waals surface area contributed by atoms with Gasteiger partial charge in [-0.2, -0.15) is 0 Å². The Kier molecular flexibility index (Phi) is 65.5. The lowest BCUT2D eigenvalue weighted by atomic mass is 10.1. The summed E-state index contributed by atoms with van der Waals surface area (Å²) in [6.45, 7) is -0.461. The van der Waals surface area contributed by atoms with Crippen LogP contribution in [0.15, 0.2) is 18.2 Å². The third kappa shape index (κ3) is 57.5. The fraction of sp³-hybridized carbons (Fsp3) is 0.571. The smallest absolute Gasteiger partial charge is 0.412 e. The number of fused-ring (bicyclic) bond motifs is 18. The third-order valence-electron chi connectivity index (χ3n) is 7.78. The van der Waals surface area contributed by atoms with E-state index in [4.69, 9.17) is 150 Å². The van der Waals surface area contributed by atoms with Crippen molar-refractivity contribution in [2.24, 2.45) is 0 Å². The van der Waals surface area contributed by atoms with Gasteiger partial charge in [0.05, 0.1) is 0 Å². The highest BCUT2D eigenvalue weighted by Crippen LogP contribution is 2.17. The Labute approximate surface area is 616 Å². The average Bonchev–Trinajstić information content (AvgIpc) is 2.78. The first-order valence-electron chi connectivity index (χ1n) is 23.5. The lowest BCUT2D eigenvalue weighted by Gasteiger charge is -2.15. The van der Waals surface area contributed by atoms with Gasteiger partial charge in [-0.3, -0.25) is 14.4 Å². The molecular weight excluding hydrogens is 1800 g/mol. The van der Waals surface area contributed by atoms with Crippen LogP contribution in [-0.4, -0.2) is 346 Å². The van der Waals surface area contributed by atoms with Crippen molar-refractivity contribution in [3.05, 3.63) is 34.9 Å². The zero-order chi connectivity index (χ0) is 65.5. The standard InChI is InChI=1S/C21H27O39Si33/c22-19-4-1-7-91-55-85-49-79-43-74-39-70-35-66-31-63-29-61-28-62-30-64-32-67-36-71-40-75-45-81-51-87-57-92-8-2-5-20(23)26-14-17-10-16(13-25-19)11-18(12-17)15-27-21(24)6-3-9-93(60-90-54-84-48-78-47-83-53-89-59-92)58-88-52-82-46-77-42-73-38-69-34-65-33-68-37-72-41-76-44-80-50-86-56-91/h10-12H,1-9,13-15H2. The molecule has 3 heterocycles. The lowest BCUT2D eigenvalue weighted by molar-refractivity contribution is -0.145. The maximum Gasteiger partial charge on any atom is 0.412 e. The number of rotatable bonds is 0. The van der Waals surface area contributed by atoms with E-state index in [0.717, 1.165) is 0 Å². The Morgan fingerprint density at radius 1 is 0.215 bits per heavy atom. The molecule has 63 radical (unpaired) electrons. The number of benzene rings is 1. The fourth-order valence-corrected chi connectivity index (χ4v) is 32.3. The van der Waals surface area contributed by atoms with E-state index >= 15 is 0 Å². The van der Waals surface area contributed by atoms with Crippen molar-refractivity contribution in [3.8, 4) is 0 Å². The molecule has 4 rings (SSSR count). The molecule has 0 N–H and O–H groups in total. The van der Waals surface area contributed by atoms with E-state index < -0.39 is 216 Å². The maximum atomic E-state index is 13.2. The third-order valence-corrected chi connectivity index (χ3v) is 35.5. The van der Waals surface area contributed by atoms with Crippen LogP contribution in [0.2, 0.25) is 18.1 Å². The van der Waals surface area contributed by atoms with E-state index in [-0.39, 0.29) is 169 Å². The SMILES string of the molecule is O=C1CCC[Si]2O[Si]O[Si]O[Si]O[Si]O[Si]O[Si]O[Si]O[Si]O[Si]O[Si]O[Si]O[Si]O[Si]O[Si]O[Si]3CCCC(=O)OCc4cc(cc(c4)COC(=O)CCC[Si](O[Si]O[Si]O[Si]O[Si]O[Si]O[Si]O[Si]O[Si]O[Si]O[Si]O[Si]O2)O[Si]O[Si]O[Si]O[Si]O[Si]O3)CO1. The molecule has 0 aromatic heterocycles. The molecule has 0 aliphatic carbocycles. The van der Waals surface area contributed by atoms with Crippen LogP contribution in [0.4, 0.5) is 0 Å². The number of hydrogen-bond acceptors (Lipinski definition) is 39. The predicted octanol–water partition coefficient (Wildman–Crippen LogP) is -10.8. The molecule has 1 aromatic rings. The Morgan fingerprint density at radius 3 is 0.505 bits per heavy atom. The van der Waals surface area contributed by atoms with Crippen molar-refractivity contribution in [2.45, 2.75) is 76.5 Å². The monoisotopic (exact) mass is 1830 g/mol. The maximum absolute atomic E-state index is 13.2. The fourth-order valence-electron chi connectivity index (χ4n) is 4.66. The predicted molar refractivity (Wildman–Crippen MR) is 324 cm³/mol. The minimum atomic E-state index is -2.08. The van der Waals surface area contributed by atoms with E-state index in [1.54, 1.807) is 18.2 Å².